The number of halogens is 2. The van der Waals surface area contributed by atoms with Crippen LogP contribution in [0.5, 0.6) is 0 Å². The fourth-order valence-corrected chi connectivity index (χ4v) is 2.17. The molecule has 0 saturated carbocycles. The van der Waals surface area contributed by atoms with Crippen LogP contribution in [-0.4, -0.2) is 5.78 Å². The van der Waals surface area contributed by atoms with Crippen molar-refractivity contribution in [2.24, 2.45) is 0 Å². The van der Waals surface area contributed by atoms with Crippen LogP contribution in [0.2, 0.25) is 10.0 Å². The monoisotopic (exact) mass is 293 g/mol. The van der Waals surface area contributed by atoms with Crippen LogP contribution in [0, 0.1) is 13.8 Å². The topological polar surface area (TPSA) is 43.1 Å². The van der Waals surface area contributed by atoms with Gasteiger partial charge in [-0.05, 0) is 55.3 Å². The Morgan fingerprint density at radius 1 is 1.00 bits per heavy atom. The maximum Gasteiger partial charge on any atom is 0.193 e. The van der Waals surface area contributed by atoms with Gasteiger partial charge in [-0.3, -0.25) is 4.79 Å². The molecule has 0 atom stereocenters. The Kier molecular flexibility index (Phi) is 3.83. The lowest BCUT2D eigenvalue weighted by molar-refractivity contribution is 0.103. The Morgan fingerprint density at radius 3 is 2.32 bits per heavy atom. The number of hydrogen-bond acceptors (Lipinski definition) is 2. The van der Waals surface area contributed by atoms with Crippen LogP contribution in [0.15, 0.2) is 30.3 Å². The zero-order valence-corrected chi connectivity index (χ0v) is 12.1. The molecule has 2 N–H and O–H groups in total. The molecule has 0 unspecified atom stereocenters. The van der Waals surface area contributed by atoms with Crippen molar-refractivity contribution in [3.8, 4) is 0 Å². The van der Waals surface area contributed by atoms with E-state index in [1.54, 1.807) is 30.3 Å². The number of nitrogens with two attached hydrogens (primary N) is 1. The van der Waals surface area contributed by atoms with Crippen LogP contribution in [0.1, 0.15) is 27.0 Å². The summed E-state index contributed by atoms with van der Waals surface area (Å²) in [5.74, 6) is -0.0841. The number of benzene rings is 2. The number of carbonyl (C=O) groups is 1. The zero-order chi connectivity index (χ0) is 14.2. The van der Waals surface area contributed by atoms with Gasteiger partial charge in [-0.15, -0.1) is 0 Å². The summed E-state index contributed by atoms with van der Waals surface area (Å²) in [7, 11) is 0. The van der Waals surface area contributed by atoms with E-state index in [0.717, 1.165) is 11.1 Å². The van der Waals surface area contributed by atoms with E-state index in [2.05, 4.69) is 0 Å². The minimum Gasteiger partial charge on any atom is -0.399 e. The van der Waals surface area contributed by atoms with Crippen molar-refractivity contribution in [3.05, 3.63) is 62.6 Å². The van der Waals surface area contributed by atoms with Gasteiger partial charge in [-0.1, -0.05) is 23.2 Å². The smallest absolute Gasteiger partial charge is 0.193 e. The number of anilines is 1. The number of carbonyl (C=O) groups excluding carboxylic acids is 1. The lowest BCUT2D eigenvalue weighted by atomic mass is 9.96. The molecule has 0 radical (unpaired) electrons. The Labute approximate surface area is 122 Å². The molecule has 0 aliphatic carbocycles. The maximum atomic E-state index is 12.5. The van der Waals surface area contributed by atoms with Crippen molar-refractivity contribution in [3.63, 3.8) is 0 Å². The second-order valence-electron chi connectivity index (χ2n) is 4.48. The van der Waals surface area contributed by atoms with Gasteiger partial charge in [-0.2, -0.15) is 0 Å². The molecule has 2 aromatic rings. The largest absolute Gasteiger partial charge is 0.399 e. The first-order valence-corrected chi connectivity index (χ1v) is 6.52. The number of rotatable bonds is 2. The van der Waals surface area contributed by atoms with Gasteiger partial charge in [0, 0.05) is 16.8 Å². The van der Waals surface area contributed by atoms with Crippen LogP contribution in [0.25, 0.3) is 0 Å². The molecule has 0 aromatic heterocycles. The first-order chi connectivity index (χ1) is 8.90. The lowest BCUT2D eigenvalue weighted by Gasteiger charge is -2.09. The fraction of sp³-hybridized carbons (Fsp3) is 0.133. The number of nitrogen functional groups attached to an aromatic ring is 1. The molecule has 0 aliphatic rings. The number of aryl methyl sites for hydroxylation is 2. The lowest BCUT2D eigenvalue weighted by Crippen LogP contribution is -2.05. The molecule has 0 fully saturated rings. The van der Waals surface area contributed by atoms with E-state index in [1.807, 2.05) is 13.8 Å². The maximum absolute atomic E-state index is 12.5. The molecule has 2 nitrogen and oxygen atoms in total. The highest BCUT2D eigenvalue weighted by atomic mass is 35.5. The summed E-state index contributed by atoms with van der Waals surface area (Å²) in [5, 5.41) is 0.806. The van der Waals surface area contributed by atoms with Gasteiger partial charge in [0.05, 0.1) is 10.0 Å². The highest BCUT2D eigenvalue weighted by Crippen LogP contribution is 2.26. The highest BCUT2D eigenvalue weighted by molar-refractivity contribution is 6.42. The van der Waals surface area contributed by atoms with Crippen LogP contribution in [0.4, 0.5) is 5.69 Å². The summed E-state index contributed by atoms with van der Waals surface area (Å²) in [6.45, 7) is 3.74. The summed E-state index contributed by atoms with van der Waals surface area (Å²) in [6.07, 6.45) is 0. The third-order valence-corrected chi connectivity index (χ3v) is 3.78. The van der Waals surface area contributed by atoms with Gasteiger partial charge >= 0.3 is 0 Å². The van der Waals surface area contributed by atoms with Gasteiger partial charge in [0.2, 0.25) is 0 Å². The van der Waals surface area contributed by atoms with E-state index >= 15 is 0 Å². The molecule has 98 valence electrons. The van der Waals surface area contributed by atoms with E-state index in [4.69, 9.17) is 28.9 Å². The molecule has 0 amide bonds. The number of ketones is 1. The second-order valence-corrected chi connectivity index (χ2v) is 5.30. The summed E-state index contributed by atoms with van der Waals surface area (Å²) >= 11 is 11.8. The molecule has 0 spiro atoms. The predicted octanol–water partition coefficient (Wildman–Crippen LogP) is 4.42. The second kappa shape index (κ2) is 5.24. The normalized spacial score (nSPS) is 10.5. The highest BCUT2D eigenvalue weighted by Gasteiger charge is 2.14. The first kappa shape index (κ1) is 13.9. The van der Waals surface area contributed by atoms with Crippen LogP contribution in [0.3, 0.4) is 0 Å². The van der Waals surface area contributed by atoms with Crippen molar-refractivity contribution in [2.75, 3.05) is 5.73 Å². The third kappa shape index (κ3) is 2.75. The van der Waals surface area contributed by atoms with Crippen molar-refractivity contribution in [1.29, 1.82) is 0 Å². The Hall–Kier alpha value is -1.51. The Balaban J connectivity index is 2.49. The van der Waals surface area contributed by atoms with Crippen molar-refractivity contribution < 1.29 is 4.79 Å². The van der Waals surface area contributed by atoms with Crippen molar-refractivity contribution >= 4 is 34.7 Å². The molecule has 2 aromatic carbocycles. The molecule has 0 heterocycles. The van der Waals surface area contributed by atoms with E-state index < -0.39 is 0 Å². The number of hydrogen-bond donors (Lipinski definition) is 1. The fourth-order valence-electron chi connectivity index (χ4n) is 1.88. The molecular formula is C15H13Cl2NO. The van der Waals surface area contributed by atoms with Crippen LogP contribution in [-0.2, 0) is 0 Å². The van der Waals surface area contributed by atoms with Gasteiger partial charge in [0.15, 0.2) is 5.78 Å². The van der Waals surface area contributed by atoms with Crippen LogP contribution < -0.4 is 5.73 Å². The van der Waals surface area contributed by atoms with Gasteiger partial charge in [0.25, 0.3) is 0 Å². The van der Waals surface area contributed by atoms with Crippen LogP contribution >= 0.6 is 23.2 Å². The first-order valence-electron chi connectivity index (χ1n) is 5.76. The average Bonchev–Trinajstić information content (AvgIpc) is 2.36. The molecule has 0 aliphatic heterocycles. The minimum absolute atomic E-state index is 0.0841. The molecule has 0 saturated heterocycles. The van der Waals surface area contributed by atoms with Crippen molar-refractivity contribution in [1.82, 2.24) is 0 Å². The predicted molar refractivity (Wildman–Crippen MR) is 80.2 cm³/mol. The quantitative estimate of drug-likeness (QED) is 0.658. The van der Waals surface area contributed by atoms with Gasteiger partial charge in [-0.25, -0.2) is 0 Å². The third-order valence-electron chi connectivity index (χ3n) is 3.04. The Morgan fingerprint density at radius 2 is 1.68 bits per heavy atom. The SMILES string of the molecule is Cc1cc(C(=O)c2ccc(Cl)c(Cl)c2)c(C)cc1N. The average molecular weight is 294 g/mol. The summed E-state index contributed by atoms with van der Waals surface area (Å²) in [6, 6.07) is 8.48. The molecule has 19 heavy (non-hydrogen) atoms. The van der Waals surface area contributed by atoms with Gasteiger partial charge in [0.1, 0.15) is 0 Å². The summed E-state index contributed by atoms with van der Waals surface area (Å²) in [4.78, 5) is 12.5. The molecule has 4 heteroatoms. The zero-order valence-electron chi connectivity index (χ0n) is 10.6. The van der Waals surface area contributed by atoms with E-state index in [0.29, 0.717) is 26.9 Å². The summed E-state index contributed by atoms with van der Waals surface area (Å²) < 4.78 is 0. The molecular weight excluding hydrogens is 281 g/mol. The van der Waals surface area contributed by atoms with E-state index in [1.165, 1.54) is 0 Å². The van der Waals surface area contributed by atoms with Gasteiger partial charge < -0.3 is 5.73 Å². The molecule has 0 bridgehead atoms. The molecule has 2 rings (SSSR count). The summed E-state index contributed by atoms with van der Waals surface area (Å²) in [5.41, 5.74) is 9.38. The van der Waals surface area contributed by atoms with E-state index in [-0.39, 0.29) is 5.78 Å². The minimum atomic E-state index is -0.0841. The van der Waals surface area contributed by atoms with E-state index in [9.17, 15) is 4.79 Å². The standard InChI is InChI=1S/C15H13Cl2NO/c1-8-6-14(18)9(2)5-11(8)15(19)10-3-4-12(16)13(17)7-10/h3-7H,18H2,1-2H3. The van der Waals surface area contributed by atoms with Crippen molar-refractivity contribution in [2.45, 2.75) is 13.8 Å². The Bertz CT molecular complexity index is 665.